The average Bonchev–Trinajstić information content (AvgIpc) is 3.22. The van der Waals surface area contributed by atoms with Crippen molar-refractivity contribution in [2.45, 2.75) is 13.0 Å². The molecule has 2 aromatic heterocycles. The van der Waals surface area contributed by atoms with Crippen LogP contribution in [0, 0.1) is 5.82 Å². The molecule has 0 radical (unpaired) electrons. The maximum Gasteiger partial charge on any atom is 0.253 e. The summed E-state index contributed by atoms with van der Waals surface area (Å²) in [5.41, 5.74) is 2.04. The fourth-order valence-corrected chi connectivity index (χ4v) is 4.81. The number of aromatic nitrogens is 1. The number of pyridine rings is 1. The van der Waals surface area contributed by atoms with Gasteiger partial charge in [0.2, 0.25) is 10.0 Å². The van der Waals surface area contributed by atoms with Gasteiger partial charge in [0.25, 0.3) is 5.91 Å². The van der Waals surface area contributed by atoms with Crippen LogP contribution >= 0.6 is 0 Å². The fourth-order valence-electron chi connectivity index (χ4n) is 3.24. The fraction of sp³-hybridized carbons (Fsp3) is 0.211. The number of sulfonamides is 1. The largest absolute Gasteiger partial charge is 0.348 e. The summed E-state index contributed by atoms with van der Waals surface area (Å²) >= 11 is 0. The first-order valence-electron chi connectivity index (χ1n) is 8.58. The van der Waals surface area contributed by atoms with Crippen LogP contribution in [0.4, 0.5) is 10.1 Å². The molecule has 0 atom stereocenters. The number of fused-ring (bicyclic) bond motifs is 1. The second-order valence-corrected chi connectivity index (χ2v) is 8.48. The number of halogens is 1. The second kappa shape index (κ2) is 6.70. The van der Waals surface area contributed by atoms with Crippen LogP contribution in [0.25, 0.3) is 5.52 Å². The zero-order valence-electron chi connectivity index (χ0n) is 14.4. The van der Waals surface area contributed by atoms with Gasteiger partial charge in [-0.15, -0.1) is 0 Å². The van der Waals surface area contributed by atoms with Crippen LogP contribution in [0.5, 0.6) is 0 Å². The van der Waals surface area contributed by atoms with Gasteiger partial charge in [-0.3, -0.25) is 9.10 Å². The Hall–Kier alpha value is -2.87. The molecule has 1 amide bonds. The Kier molecular flexibility index (Phi) is 4.35. The molecule has 27 heavy (non-hydrogen) atoms. The first-order chi connectivity index (χ1) is 12.9. The second-order valence-electron chi connectivity index (χ2n) is 6.47. The SMILES string of the molecule is O=C(NCc1ccc(N2CCCS2(=O)=O)c(F)c1)c1cc2ccccn2c1. The number of rotatable bonds is 4. The Morgan fingerprint density at radius 1 is 1.19 bits per heavy atom. The molecule has 0 bridgehead atoms. The molecule has 1 aliphatic heterocycles. The number of nitrogens with one attached hydrogen (secondary N) is 1. The Morgan fingerprint density at radius 2 is 2.04 bits per heavy atom. The summed E-state index contributed by atoms with van der Waals surface area (Å²) in [7, 11) is -3.43. The highest BCUT2D eigenvalue weighted by atomic mass is 32.2. The molecule has 3 heterocycles. The molecular formula is C19H18FN3O3S. The molecule has 0 saturated carbocycles. The van der Waals surface area contributed by atoms with Gasteiger partial charge in [0.05, 0.1) is 17.0 Å². The van der Waals surface area contributed by atoms with E-state index in [-0.39, 0.29) is 30.4 Å². The van der Waals surface area contributed by atoms with E-state index in [0.717, 1.165) is 9.82 Å². The molecule has 3 aromatic rings. The van der Waals surface area contributed by atoms with Crippen molar-refractivity contribution in [3.8, 4) is 0 Å². The molecule has 1 fully saturated rings. The standard InChI is InChI=1S/C19H18FN3O3S/c20-17-10-14(5-6-18(17)23-8-3-9-27(23,25)26)12-21-19(24)15-11-16-4-1-2-7-22(16)13-15/h1-2,4-7,10-11,13H,3,8-9,12H2,(H,21,24). The summed E-state index contributed by atoms with van der Waals surface area (Å²) in [6.07, 6.45) is 4.07. The zero-order chi connectivity index (χ0) is 19.0. The molecule has 6 nitrogen and oxygen atoms in total. The summed E-state index contributed by atoms with van der Waals surface area (Å²) in [4.78, 5) is 12.3. The van der Waals surface area contributed by atoms with E-state index in [4.69, 9.17) is 0 Å². The van der Waals surface area contributed by atoms with Gasteiger partial charge in [-0.25, -0.2) is 12.8 Å². The number of anilines is 1. The van der Waals surface area contributed by atoms with Gasteiger partial charge >= 0.3 is 0 Å². The molecule has 1 saturated heterocycles. The van der Waals surface area contributed by atoms with Crippen molar-refractivity contribution in [2.24, 2.45) is 0 Å². The van der Waals surface area contributed by atoms with E-state index >= 15 is 0 Å². The van der Waals surface area contributed by atoms with E-state index in [1.165, 1.54) is 12.1 Å². The van der Waals surface area contributed by atoms with E-state index in [9.17, 15) is 17.6 Å². The predicted molar refractivity (Wildman–Crippen MR) is 101 cm³/mol. The maximum absolute atomic E-state index is 14.4. The van der Waals surface area contributed by atoms with Gasteiger partial charge in [-0.2, -0.15) is 0 Å². The molecule has 0 aliphatic carbocycles. The summed E-state index contributed by atoms with van der Waals surface area (Å²) in [6.45, 7) is 0.437. The molecule has 1 aromatic carbocycles. The van der Waals surface area contributed by atoms with Gasteiger partial charge in [-0.1, -0.05) is 12.1 Å². The normalized spacial score (nSPS) is 16.0. The third kappa shape index (κ3) is 3.40. The first kappa shape index (κ1) is 17.5. The number of hydrogen-bond donors (Lipinski definition) is 1. The number of hydrogen-bond acceptors (Lipinski definition) is 3. The van der Waals surface area contributed by atoms with Crippen LogP contribution in [0.2, 0.25) is 0 Å². The van der Waals surface area contributed by atoms with Crippen molar-refractivity contribution >= 4 is 27.1 Å². The molecule has 0 spiro atoms. The number of amides is 1. The minimum Gasteiger partial charge on any atom is -0.348 e. The Bertz CT molecular complexity index is 1090. The molecule has 1 aliphatic rings. The number of nitrogens with zero attached hydrogens (tertiary/aromatic N) is 2. The van der Waals surface area contributed by atoms with Gasteiger partial charge in [-0.05, 0) is 42.3 Å². The van der Waals surface area contributed by atoms with Crippen LogP contribution in [0.15, 0.2) is 54.9 Å². The lowest BCUT2D eigenvalue weighted by atomic mass is 10.2. The highest BCUT2D eigenvalue weighted by molar-refractivity contribution is 7.93. The summed E-state index contributed by atoms with van der Waals surface area (Å²) in [5, 5.41) is 2.76. The molecule has 0 unspecified atom stereocenters. The Balaban J connectivity index is 1.47. The number of benzene rings is 1. The number of carbonyl (C=O) groups is 1. The zero-order valence-corrected chi connectivity index (χ0v) is 15.2. The molecule has 1 N–H and O–H groups in total. The molecular weight excluding hydrogens is 369 g/mol. The van der Waals surface area contributed by atoms with E-state index in [0.29, 0.717) is 17.5 Å². The first-order valence-corrected chi connectivity index (χ1v) is 10.2. The summed E-state index contributed by atoms with van der Waals surface area (Å²) in [5.74, 6) is -0.830. The van der Waals surface area contributed by atoms with Crippen LogP contribution in [0.3, 0.4) is 0 Å². The molecule has 8 heteroatoms. The lowest BCUT2D eigenvalue weighted by molar-refractivity contribution is 0.0951. The van der Waals surface area contributed by atoms with Gasteiger partial charge in [0.1, 0.15) is 5.82 Å². The van der Waals surface area contributed by atoms with E-state index < -0.39 is 15.8 Å². The van der Waals surface area contributed by atoms with Gasteiger partial charge < -0.3 is 9.72 Å². The smallest absolute Gasteiger partial charge is 0.253 e. The Morgan fingerprint density at radius 3 is 2.74 bits per heavy atom. The van der Waals surface area contributed by atoms with Crippen molar-refractivity contribution in [1.29, 1.82) is 0 Å². The average molecular weight is 387 g/mol. The predicted octanol–water partition coefficient (Wildman–Crippen LogP) is 2.55. The van der Waals surface area contributed by atoms with E-state index in [2.05, 4.69) is 5.32 Å². The number of carbonyl (C=O) groups excluding carboxylic acids is 1. The van der Waals surface area contributed by atoms with Crippen molar-refractivity contribution in [1.82, 2.24) is 9.72 Å². The topological polar surface area (TPSA) is 70.9 Å². The third-order valence-electron chi connectivity index (χ3n) is 4.60. The lowest BCUT2D eigenvalue weighted by Gasteiger charge is -2.18. The van der Waals surface area contributed by atoms with Crippen LogP contribution < -0.4 is 9.62 Å². The quantitative estimate of drug-likeness (QED) is 0.748. The minimum absolute atomic E-state index is 0.0380. The summed E-state index contributed by atoms with van der Waals surface area (Å²) < 4.78 is 41.3. The van der Waals surface area contributed by atoms with Crippen molar-refractivity contribution in [3.63, 3.8) is 0 Å². The minimum atomic E-state index is -3.43. The molecule has 140 valence electrons. The van der Waals surface area contributed by atoms with Gasteiger partial charge in [0, 0.05) is 31.0 Å². The van der Waals surface area contributed by atoms with Crippen molar-refractivity contribution in [3.05, 3.63) is 71.8 Å². The van der Waals surface area contributed by atoms with E-state index in [1.807, 2.05) is 28.8 Å². The highest BCUT2D eigenvalue weighted by Crippen LogP contribution is 2.27. The van der Waals surface area contributed by atoms with Crippen LogP contribution in [-0.2, 0) is 16.6 Å². The molecule has 4 rings (SSSR count). The maximum atomic E-state index is 14.4. The third-order valence-corrected chi connectivity index (χ3v) is 6.46. The van der Waals surface area contributed by atoms with Crippen molar-refractivity contribution < 1.29 is 17.6 Å². The van der Waals surface area contributed by atoms with Crippen molar-refractivity contribution in [2.75, 3.05) is 16.6 Å². The highest BCUT2D eigenvalue weighted by Gasteiger charge is 2.30. The monoisotopic (exact) mass is 387 g/mol. The lowest BCUT2D eigenvalue weighted by Crippen LogP contribution is -2.26. The Labute approximate surface area is 156 Å². The van der Waals surface area contributed by atoms with Crippen LogP contribution in [-0.4, -0.2) is 31.0 Å². The summed E-state index contributed by atoms with van der Waals surface area (Å²) in [6, 6.07) is 11.8. The van der Waals surface area contributed by atoms with E-state index in [1.54, 1.807) is 18.3 Å². The van der Waals surface area contributed by atoms with Crippen LogP contribution in [0.1, 0.15) is 22.3 Å². The van der Waals surface area contributed by atoms with Gasteiger partial charge in [0.15, 0.2) is 0 Å².